The van der Waals surface area contributed by atoms with Crippen molar-refractivity contribution in [1.82, 2.24) is 19.8 Å². The molecule has 0 spiro atoms. The maximum Gasteiger partial charge on any atom is 0.227 e. The van der Waals surface area contributed by atoms with E-state index in [1.807, 2.05) is 12.1 Å². The number of ether oxygens (including phenoxy) is 3. The summed E-state index contributed by atoms with van der Waals surface area (Å²) in [5.74, 6) is 0.229. The van der Waals surface area contributed by atoms with Crippen LogP contribution < -0.4 is 14.8 Å². The molecule has 1 N–H and O–H groups in total. The zero-order chi connectivity index (χ0) is 26.7. The van der Waals surface area contributed by atoms with E-state index in [1.54, 1.807) is 7.11 Å². The van der Waals surface area contributed by atoms with Gasteiger partial charge in [-0.2, -0.15) is 0 Å². The zero-order valence-electron chi connectivity index (χ0n) is 21.9. The van der Waals surface area contributed by atoms with Crippen LogP contribution in [-0.2, 0) is 17.8 Å². The van der Waals surface area contributed by atoms with E-state index in [-0.39, 0.29) is 17.9 Å². The highest BCUT2D eigenvalue weighted by Crippen LogP contribution is 2.24. The fourth-order valence-electron chi connectivity index (χ4n) is 4.29. The van der Waals surface area contributed by atoms with Gasteiger partial charge in [-0.05, 0) is 36.2 Å². The second-order valence-corrected chi connectivity index (χ2v) is 9.10. The third-order valence-electron chi connectivity index (χ3n) is 6.49. The first kappa shape index (κ1) is 27.4. The number of benzene rings is 2. The minimum absolute atomic E-state index is 0.00764. The highest BCUT2D eigenvalue weighted by Gasteiger charge is 2.16. The lowest BCUT2D eigenvalue weighted by Gasteiger charge is -2.34. The summed E-state index contributed by atoms with van der Waals surface area (Å²) in [5.41, 5.74) is 2.66. The quantitative estimate of drug-likeness (QED) is 0.338. The van der Waals surface area contributed by atoms with E-state index in [9.17, 15) is 9.18 Å². The van der Waals surface area contributed by atoms with Crippen molar-refractivity contribution >= 4 is 17.9 Å². The minimum atomic E-state index is -0.568. The summed E-state index contributed by atoms with van der Waals surface area (Å²) in [6, 6.07) is 11.0. The smallest absolute Gasteiger partial charge is 0.227 e. The van der Waals surface area contributed by atoms with E-state index in [1.165, 1.54) is 37.2 Å². The number of nitrogens with zero attached hydrogens (tertiary/aromatic N) is 4. The van der Waals surface area contributed by atoms with E-state index in [0.29, 0.717) is 23.5 Å². The number of halogens is 1. The number of methoxy groups -OCH3 is 2. The number of nitrogens with one attached hydrogen (secondary N) is 1. The molecule has 38 heavy (non-hydrogen) atoms. The molecule has 1 aliphatic heterocycles. The molecule has 3 aromatic rings. The van der Waals surface area contributed by atoms with Crippen molar-refractivity contribution < 1.29 is 23.4 Å². The van der Waals surface area contributed by atoms with Crippen LogP contribution in [0.2, 0.25) is 0 Å². The standard InChI is InChI=1S/C28H34FN5O4/c1-36-13-12-34-10-8-33(9-11-34)7-6-21-4-3-5-24(15-21)32-28-30-17-25(18-31-28)38-20-23-14-22(19-35)16-26(37-2)27(23)29/h3-5,14-19H,6-13,20H2,1-2H3,(H,30,31,32). The maximum absolute atomic E-state index is 14.5. The van der Waals surface area contributed by atoms with Crippen LogP contribution in [0.3, 0.4) is 0 Å². The molecule has 1 fully saturated rings. The van der Waals surface area contributed by atoms with Gasteiger partial charge in [0, 0.05) is 63.2 Å². The van der Waals surface area contributed by atoms with Gasteiger partial charge in [0.25, 0.3) is 0 Å². The Morgan fingerprint density at radius 2 is 1.76 bits per heavy atom. The topological polar surface area (TPSA) is 89.1 Å². The van der Waals surface area contributed by atoms with Gasteiger partial charge in [0.1, 0.15) is 12.9 Å². The van der Waals surface area contributed by atoms with Crippen molar-refractivity contribution in [2.45, 2.75) is 13.0 Å². The fraction of sp³-hybridized carbons (Fsp3) is 0.393. The lowest BCUT2D eigenvalue weighted by atomic mass is 10.1. The summed E-state index contributed by atoms with van der Waals surface area (Å²) >= 11 is 0. The summed E-state index contributed by atoms with van der Waals surface area (Å²) in [4.78, 5) is 24.7. The number of piperazine rings is 1. The molecule has 0 bridgehead atoms. The Hall–Kier alpha value is -3.60. The van der Waals surface area contributed by atoms with E-state index in [2.05, 4.69) is 37.2 Å². The highest BCUT2D eigenvalue weighted by atomic mass is 19.1. The molecule has 2 heterocycles. The van der Waals surface area contributed by atoms with Crippen LogP contribution in [-0.4, -0.2) is 86.1 Å². The molecule has 0 unspecified atom stereocenters. The molecule has 9 nitrogen and oxygen atoms in total. The average Bonchev–Trinajstić information content (AvgIpc) is 2.96. The van der Waals surface area contributed by atoms with Crippen molar-refractivity contribution in [3.05, 3.63) is 71.3 Å². The number of aldehydes is 1. The largest absolute Gasteiger partial charge is 0.494 e. The van der Waals surface area contributed by atoms with Crippen LogP contribution >= 0.6 is 0 Å². The van der Waals surface area contributed by atoms with E-state index >= 15 is 0 Å². The summed E-state index contributed by atoms with van der Waals surface area (Å²) in [6.07, 6.45) is 4.64. The van der Waals surface area contributed by atoms with Gasteiger partial charge in [-0.1, -0.05) is 12.1 Å². The molecular weight excluding hydrogens is 489 g/mol. The Morgan fingerprint density at radius 3 is 2.45 bits per heavy atom. The Labute approximate surface area is 222 Å². The Balaban J connectivity index is 1.27. The molecule has 0 radical (unpaired) electrons. The van der Waals surface area contributed by atoms with Gasteiger partial charge >= 0.3 is 0 Å². The summed E-state index contributed by atoms with van der Waals surface area (Å²) in [5, 5.41) is 3.22. The molecule has 10 heteroatoms. The first-order chi connectivity index (χ1) is 18.6. The van der Waals surface area contributed by atoms with E-state index < -0.39 is 5.82 Å². The second-order valence-electron chi connectivity index (χ2n) is 9.10. The van der Waals surface area contributed by atoms with Crippen molar-refractivity contribution in [2.75, 3.05) is 65.4 Å². The van der Waals surface area contributed by atoms with Gasteiger partial charge in [0.15, 0.2) is 17.3 Å². The van der Waals surface area contributed by atoms with Gasteiger partial charge in [-0.25, -0.2) is 14.4 Å². The van der Waals surface area contributed by atoms with E-state index in [4.69, 9.17) is 14.2 Å². The molecule has 1 aromatic heterocycles. The summed E-state index contributed by atoms with van der Waals surface area (Å²) in [6.45, 7) is 7.02. The van der Waals surface area contributed by atoms with Gasteiger partial charge in [-0.15, -0.1) is 0 Å². The minimum Gasteiger partial charge on any atom is -0.494 e. The Kier molecular flexibility index (Phi) is 9.97. The average molecular weight is 524 g/mol. The van der Waals surface area contributed by atoms with Crippen molar-refractivity contribution in [1.29, 1.82) is 0 Å². The molecule has 2 aromatic carbocycles. The monoisotopic (exact) mass is 523 g/mol. The number of hydrogen-bond acceptors (Lipinski definition) is 9. The van der Waals surface area contributed by atoms with Gasteiger partial charge in [0.2, 0.25) is 5.95 Å². The highest BCUT2D eigenvalue weighted by molar-refractivity contribution is 5.76. The molecule has 0 aliphatic carbocycles. The molecule has 0 atom stereocenters. The predicted octanol–water partition coefficient (Wildman–Crippen LogP) is 3.57. The fourth-order valence-corrected chi connectivity index (χ4v) is 4.29. The Morgan fingerprint density at radius 1 is 1.03 bits per heavy atom. The van der Waals surface area contributed by atoms with Crippen LogP contribution in [0.5, 0.6) is 11.5 Å². The number of carbonyl (C=O) groups excluding carboxylic acids is 1. The SMILES string of the molecule is COCCN1CCN(CCc2cccc(Nc3ncc(OCc4cc(C=O)cc(OC)c4F)cn3)c2)CC1. The maximum atomic E-state index is 14.5. The summed E-state index contributed by atoms with van der Waals surface area (Å²) < 4.78 is 30.3. The summed E-state index contributed by atoms with van der Waals surface area (Å²) in [7, 11) is 3.09. The molecule has 4 rings (SSSR count). The number of rotatable bonds is 13. The van der Waals surface area contributed by atoms with Gasteiger partial charge < -0.3 is 24.4 Å². The normalized spacial score (nSPS) is 14.3. The third-order valence-corrected chi connectivity index (χ3v) is 6.49. The van der Waals surface area contributed by atoms with Crippen molar-refractivity contribution in [2.24, 2.45) is 0 Å². The molecule has 0 amide bonds. The molecule has 1 saturated heterocycles. The number of anilines is 2. The third kappa shape index (κ3) is 7.70. The molecule has 0 saturated carbocycles. The lowest BCUT2D eigenvalue weighted by molar-refractivity contribution is 0.0976. The van der Waals surface area contributed by atoms with Crippen LogP contribution in [0.4, 0.5) is 16.0 Å². The molecule has 1 aliphatic rings. The number of aromatic nitrogens is 2. The number of carbonyl (C=O) groups is 1. The first-order valence-corrected chi connectivity index (χ1v) is 12.6. The van der Waals surface area contributed by atoms with Crippen LogP contribution in [0.1, 0.15) is 21.5 Å². The first-order valence-electron chi connectivity index (χ1n) is 12.6. The predicted molar refractivity (Wildman–Crippen MR) is 143 cm³/mol. The van der Waals surface area contributed by atoms with Gasteiger partial charge in [0.05, 0.1) is 26.1 Å². The van der Waals surface area contributed by atoms with Gasteiger partial charge in [-0.3, -0.25) is 9.69 Å². The van der Waals surface area contributed by atoms with Crippen LogP contribution in [0, 0.1) is 5.82 Å². The number of hydrogen-bond donors (Lipinski definition) is 1. The van der Waals surface area contributed by atoms with E-state index in [0.717, 1.165) is 58.0 Å². The van der Waals surface area contributed by atoms with Crippen molar-refractivity contribution in [3.63, 3.8) is 0 Å². The van der Waals surface area contributed by atoms with Crippen molar-refractivity contribution in [3.8, 4) is 11.5 Å². The van der Waals surface area contributed by atoms with Crippen LogP contribution in [0.25, 0.3) is 0 Å². The Bertz CT molecular complexity index is 1190. The zero-order valence-corrected chi connectivity index (χ0v) is 21.9. The van der Waals surface area contributed by atoms with Crippen LogP contribution in [0.15, 0.2) is 48.8 Å². The second kappa shape index (κ2) is 13.8. The molecular formula is C28H34FN5O4. The lowest BCUT2D eigenvalue weighted by Crippen LogP contribution is -2.47. The molecule has 202 valence electrons.